The SMILES string of the molecule is Cc1ccc(/C=C/C(=O)N[C@@H](C)CCC(=O)O)o1. The lowest BCUT2D eigenvalue weighted by Gasteiger charge is -2.10. The maximum absolute atomic E-state index is 11.5. The molecule has 5 nitrogen and oxygen atoms in total. The average Bonchev–Trinajstić information content (AvgIpc) is 2.70. The van der Waals surface area contributed by atoms with Gasteiger partial charge in [-0.3, -0.25) is 9.59 Å². The highest BCUT2D eigenvalue weighted by Gasteiger charge is 2.07. The number of aliphatic carboxylic acids is 1. The fourth-order valence-electron chi connectivity index (χ4n) is 1.40. The summed E-state index contributed by atoms with van der Waals surface area (Å²) < 4.78 is 5.27. The van der Waals surface area contributed by atoms with Gasteiger partial charge in [-0.2, -0.15) is 0 Å². The van der Waals surface area contributed by atoms with Crippen LogP contribution in [0.15, 0.2) is 22.6 Å². The van der Waals surface area contributed by atoms with E-state index in [2.05, 4.69) is 5.32 Å². The first-order valence-corrected chi connectivity index (χ1v) is 5.74. The molecule has 1 atom stereocenters. The Kier molecular flexibility index (Phi) is 5.17. The summed E-state index contributed by atoms with van der Waals surface area (Å²) in [5, 5.41) is 11.2. The molecule has 2 N–H and O–H groups in total. The summed E-state index contributed by atoms with van der Waals surface area (Å²) in [6, 6.07) is 3.41. The van der Waals surface area contributed by atoms with Gasteiger partial charge in [0.2, 0.25) is 5.91 Å². The second kappa shape index (κ2) is 6.64. The van der Waals surface area contributed by atoms with E-state index in [4.69, 9.17) is 9.52 Å². The molecule has 1 heterocycles. The number of hydrogen-bond acceptors (Lipinski definition) is 3. The minimum Gasteiger partial charge on any atom is -0.481 e. The molecule has 0 saturated heterocycles. The van der Waals surface area contributed by atoms with Crippen molar-refractivity contribution in [3.05, 3.63) is 29.7 Å². The molecule has 0 spiro atoms. The number of carboxylic acids is 1. The summed E-state index contributed by atoms with van der Waals surface area (Å²) in [7, 11) is 0. The molecule has 0 fully saturated rings. The minimum atomic E-state index is -0.863. The van der Waals surface area contributed by atoms with Gasteiger partial charge in [0.05, 0.1) is 0 Å². The fourth-order valence-corrected chi connectivity index (χ4v) is 1.40. The van der Waals surface area contributed by atoms with Gasteiger partial charge in [-0.1, -0.05) is 0 Å². The van der Waals surface area contributed by atoms with Crippen LogP contribution in [0.25, 0.3) is 6.08 Å². The van der Waals surface area contributed by atoms with Crippen LogP contribution in [0.5, 0.6) is 0 Å². The standard InChI is InChI=1S/C13H17NO4/c1-9(3-8-13(16)17)14-12(15)7-6-11-5-4-10(2)18-11/h4-7,9H,3,8H2,1-2H3,(H,14,15)(H,16,17)/b7-6+/t9-/m0/s1. The van der Waals surface area contributed by atoms with E-state index in [0.717, 1.165) is 5.76 Å². The van der Waals surface area contributed by atoms with Gasteiger partial charge in [0, 0.05) is 18.5 Å². The summed E-state index contributed by atoms with van der Waals surface area (Å²) in [4.78, 5) is 21.9. The van der Waals surface area contributed by atoms with E-state index in [1.165, 1.54) is 6.08 Å². The largest absolute Gasteiger partial charge is 0.481 e. The number of nitrogens with one attached hydrogen (secondary N) is 1. The topological polar surface area (TPSA) is 79.5 Å². The first kappa shape index (κ1) is 14.0. The van der Waals surface area contributed by atoms with Gasteiger partial charge in [-0.15, -0.1) is 0 Å². The lowest BCUT2D eigenvalue weighted by Crippen LogP contribution is -2.31. The van der Waals surface area contributed by atoms with Crippen LogP contribution >= 0.6 is 0 Å². The lowest BCUT2D eigenvalue weighted by molar-refractivity contribution is -0.137. The number of carboxylic acid groups (broad SMARTS) is 1. The van der Waals surface area contributed by atoms with Gasteiger partial charge >= 0.3 is 5.97 Å². The molecular weight excluding hydrogens is 234 g/mol. The van der Waals surface area contributed by atoms with Gasteiger partial charge in [0.15, 0.2) is 0 Å². The summed E-state index contributed by atoms with van der Waals surface area (Å²) in [6.45, 7) is 3.59. The third-order valence-electron chi connectivity index (χ3n) is 2.34. The van der Waals surface area contributed by atoms with Crippen molar-refractivity contribution in [2.75, 3.05) is 0 Å². The lowest BCUT2D eigenvalue weighted by atomic mass is 10.2. The third-order valence-corrected chi connectivity index (χ3v) is 2.34. The van der Waals surface area contributed by atoms with Crippen molar-refractivity contribution in [1.29, 1.82) is 0 Å². The van der Waals surface area contributed by atoms with E-state index in [0.29, 0.717) is 12.2 Å². The zero-order chi connectivity index (χ0) is 13.5. The van der Waals surface area contributed by atoms with Crippen LogP contribution in [0.4, 0.5) is 0 Å². The second-order valence-corrected chi connectivity index (χ2v) is 4.12. The normalized spacial score (nSPS) is 12.6. The average molecular weight is 251 g/mol. The van der Waals surface area contributed by atoms with E-state index in [1.54, 1.807) is 19.1 Å². The predicted molar refractivity (Wildman–Crippen MR) is 67.0 cm³/mol. The van der Waals surface area contributed by atoms with Crippen molar-refractivity contribution in [2.45, 2.75) is 32.7 Å². The van der Waals surface area contributed by atoms with E-state index in [-0.39, 0.29) is 18.4 Å². The van der Waals surface area contributed by atoms with Crippen molar-refractivity contribution >= 4 is 18.0 Å². The molecule has 0 saturated carbocycles. The number of amides is 1. The van der Waals surface area contributed by atoms with Crippen molar-refractivity contribution < 1.29 is 19.1 Å². The number of furan rings is 1. The molecule has 1 rings (SSSR count). The zero-order valence-corrected chi connectivity index (χ0v) is 10.5. The van der Waals surface area contributed by atoms with Gasteiger partial charge in [0.1, 0.15) is 11.5 Å². The number of carbonyl (C=O) groups excluding carboxylic acids is 1. The predicted octanol–water partition coefficient (Wildman–Crippen LogP) is 1.97. The minimum absolute atomic E-state index is 0.0442. The first-order chi connectivity index (χ1) is 8.47. The van der Waals surface area contributed by atoms with E-state index >= 15 is 0 Å². The molecule has 0 radical (unpaired) electrons. The van der Waals surface area contributed by atoms with Crippen LogP contribution in [-0.2, 0) is 9.59 Å². The molecule has 0 aliphatic heterocycles. The molecule has 1 amide bonds. The smallest absolute Gasteiger partial charge is 0.303 e. The summed E-state index contributed by atoms with van der Waals surface area (Å²) >= 11 is 0. The number of hydrogen-bond donors (Lipinski definition) is 2. The Morgan fingerprint density at radius 1 is 1.50 bits per heavy atom. The van der Waals surface area contributed by atoms with E-state index < -0.39 is 5.97 Å². The summed E-state index contributed by atoms with van der Waals surface area (Å²) in [5.41, 5.74) is 0. The molecule has 0 unspecified atom stereocenters. The van der Waals surface area contributed by atoms with Crippen LogP contribution in [0.3, 0.4) is 0 Å². The van der Waals surface area contributed by atoms with E-state index in [9.17, 15) is 9.59 Å². The van der Waals surface area contributed by atoms with Gasteiger partial charge < -0.3 is 14.8 Å². The molecule has 1 aromatic rings. The third kappa shape index (κ3) is 5.34. The van der Waals surface area contributed by atoms with Gasteiger partial charge in [-0.25, -0.2) is 0 Å². The molecule has 0 aliphatic rings. The highest BCUT2D eigenvalue weighted by Crippen LogP contribution is 2.07. The van der Waals surface area contributed by atoms with Crippen molar-refractivity contribution in [3.63, 3.8) is 0 Å². The monoisotopic (exact) mass is 251 g/mol. The van der Waals surface area contributed by atoms with Crippen LogP contribution in [0.1, 0.15) is 31.3 Å². The number of carbonyl (C=O) groups is 2. The molecule has 0 aliphatic carbocycles. The Bertz CT molecular complexity index is 448. The van der Waals surface area contributed by atoms with Crippen LogP contribution in [0, 0.1) is 6.92 Å². The van der Waals surface area contributed by atoms with Gasteiger partial charge in [-0.05, 0) is 38.5 Å². The Balaban J connectivity index is 2.37. The fraction of sp³-hybridized carbons (Fsp3) is 0.385. The van der Waals surface area contributed by atoms with Crippen molar-refractivity contribution in [3.8, 4) is 0 Å². The Morgan fingerprint density at radius 2 is 2.22 bits per heavy atom. The van der Waals surface area contributed by atoms with Crippen molar-refractivity contribution in [2.24, 2.45) is 0 Å². The van der Waals surface area contributed by atoms with Crippen molar-refractivity contribution in [1.82, 2.24) is 5.32 Å². The molecule has 98 valence electrons. The summed E-state index contributed by atoms with van der Waals surface area (Å²) in [5.74, 6) is 0.269. The van der Waals surface area contributed by atoms with Gasteiger partial charge in [0.25, 0.3) is 0 Å². The molecule has 0 bridgehead atoms. The Labute approximate surface area is 105 Å². The molecule has 1 aromatic heterocycles. The van der Waals surface area contributed by atoms with Crippen LogP contribution in [-0.4, -0.2) is 23.0 Å². The number of aryl methyl sites for hydroxylation is 1. The molecule has 5 heteroatoms. The highest BCUT2D eigenvalue weighted by atomic mass is 16.4. The second-order valence-electron chi connectivity index (χ2n) is 4.12. The number of rotatable bonds is 6. The molecule has 18 heavy (non-hydrogen) atoms. The molecule has 0 aromatic carbocycles. The summed E-state index contributed by atoms with van der Waals surface area (Å²) in [6.07, 6.45) is 3.40. The Morgan fingerprint density at radius 3 is 2.78 bits per heavy atom. The zero-order valence-electron chi connectivity index (χ0n) is 10.5. The molecular formula is C13H17NO4. The van der Waals surface area contributed by atoms with Crippen LogP contribution in [0.2, 0.25) is 0 Å². The maximum atomic E-state index is 11.5. The Hall–Kier alpha value is -2.04. The first-order valence-electron chi connectivity index (χ1n) is 5.74. The highest BCUT2D eigenvalue weighted by molar-refractivity contribution is 5.91. The quantitative estimate of drug-likeness (QED) is 0.757. The van der Waals surface area contributed by atoms with E-state index in [1.807, 2.05) is 13.0 Å². The van der Waals surface area contributed by atoms with Crippen LogP contribution < -0.4 is 5.32 Å². The maximum Gasteiger partial charge on any atom is 0.303 e.